The summed E-state index contributed by atoms with van der Waals surface area (Å²) in [5, 5.41) is 6.54. The minimum Gasteiger partial charge on any atom is -0.346 e. The van der Waals surface area contributed by atoms with E-state index in [0.29, 0.717) is 11.1 Å². The van der Waals surface area contributed by atoms with Crippen molar-refractivity contribution in [2.24, 2.45) is 0 Å². The normalized spacial score (nSPS) is 10.7. The van der Waals surface area contributed by atoms with Crippen LogP contribution in [0.15, 0.2) is 82.6 Å². The van der Waals surface area contributed by atoms with Crippen LogP contribution in [0.2, 0.25) is 0 Å². The van der Waals surface area contributed by atoms with Crippen molar-refractivity contribution in [2.45, 2.75) is 20.0 Å². The predicted octanol–water partition coefficient (Wildman–Crippen LogP) is 2.22. The van der Waals surface area contributed by atoms with Crippen LogP contribution in [0.25, 0.3) is 5.69 Å². The molecule has 1 N–H and O–H groups in total. The summed E-state index contributed by atoms with van der Waals surface area (Å²) in [4.78, 5) is 43.1. The molecule has 0 aliphatic heterocycles. The van der Waals surface area contributed by atoms with Gasteiger partial charge in [-0.2, -0.15) is 9.78 Å². The smallest absolute Gasteiger partial charge is 0.346 e. The van der Waals surface area contributed by atoms with Crippen molar-refractivity contribution in [3.63, 3.8) is 0 Å². The molecule has 1 amide bonds. The van der Waals surface area contributed by atoms with Gasteiger partial charge in [0.05, 0.1) is 6.54 Å². The summed E-state index contributed by atoms with van der Waals surface area (Å²) < 4.78 is 16.1. The number of hydrogen-bond donors (Lipinski definition) is 1. The van der Waals surface area contributed by atoms with E-state index >= 15 is 0 Å². The van der Waals surface area contributed by atoms with Crippen molar-refractivity contribution in [2.75, 3.05) is 0 Å². The van der Waals surface area contributed by atoms with Crippen molar-refractivity contribution in [3.05, 3.63) is 122 Å². The summed E-state index contributed by atoms with van der Waals surface area (Å²) >= 11 is 0. The van der Waals surface area contributed by atoms with Gasteiger partial charge in [-0.3, -0.25) is 19.1 Å². The third-order valence-corrected chi connectivity index (χ3v) is 4.95. The fourth-order valence-corrected chi connectivity index (χ4v) is 3.34. The van der Waals surface area contributed by atoms with Crippen LogP contribution in [-0.4, -0.2) is 25.2 Å². The van der Waals surface area contributed by atoms with Gasteiger partial charge in [-0.05, 0) is 36.2 Å². The van der Waals surface area contributed by atoms with Gasteiger partial charge >= 0.3 is 5.69 Å². The van der Waals surface area contributed by atoms with Gasteiger partial charge in [0.15, 0.2) is 0 Å². The zero-order valence-electron chi connectivity index (χ0n) is 17.7. The molecule has 2 heterocycles. The van der Waals surface area contributed by atoms with Crippen molar-refractivity contribution in [1.29, 1.82) is 0 Å². The maximum absolute atomic E-state index is 14.5. The number of amides is 1. The lowest BCUT2D eigenvalue weighted by Crippen LogP contribution is -2.46. The quantitative estimate of drug-likeness (QED) is 0.491. The molecule has 2 aromatic heterocycles. The maximum atomic E-state index is 14.5. The minimum atomic E-state index is -0.863. The number of rotatable bonds is 6. The molecular formula is C24H20FN5O3. The number of nitrogens with zero attached hydrogens (tertiary/aromatic N) is 4. The molecule has 0 radical (unpaired) electrons. The number of nitrogens with one attached hydrogen (secondary N) is 1. The number of halogens is 1. The molecule has 4 aromatic rings. The van der Waals surface area contributed by atoms with Gasteiger partial charge in [0.1, 0.15) is 11.5 Å². The molecule has 0 bridgehead atoms. The average Bonchev–Trinajstić information content (AvgIpc) is 2.82. The number of para-hydroxylation sites is 1. The largest absolute Gasteiger partial charge is 0.352 e. The summed E-state index contributed by atoms with van der Waals surface area (Å²) in [5.74, 6) is -1.50. The molecule has 2 aromatic carbocycles. The second-order valence-corrected chi connectivity index (χ2v) is 7.42. The Morgan fingerprint density at radius 1 is 1.03 bits per heavy atom. The lowest BCUT2D eigenvalue weighted by atomic mass is 10.1. The van der Waals surface area contributed by atoms with Gasteiger partial charge in [0.2, 0.25) is 5.69 Å². The molecule has 8 nitrogen and oxygen atoms in total. The highest BCUT2D eigenvalue weighted by Crippen LogP contribution is 2.10. The molecule has 4 rings (SSSR count). The molecule has 0 unspecified atom stereocenters. The third kappa shape index (κ3) is 4.77. The van der Waals surface area contributed by atoms with E-state index in [4.69, 9.17) is 0 Å². The monoisotopic (exact) mass is 445 g/mol. The standard InChI is InChI=1S/C24H20FN5O3/c1-16-6-4-7-17(12-16)15-29-23(32)21(22(31)27-14-18-8-5-11-26-13-18)28-30(24(29)33)20-10-3-2-9-19(20)25/h2-13H,14-15H2,1H3,(H,27,31). The number of aromatic nitrogens is 4. The zero-order chi connectivity index (χ0) is 23.4. The number of carbonyl (C=O) groups excluding carboxylic acids is 1. The highest BCUT2D eigenvalue weighted by atomic mass is 19.1. The van der Waals surface area contributed by atoms with Crippen LogP contribution in [0.3, 0.4) is 0 Å². The van der Waals surface area contributed by atoms with E-state index in [9.17, 15) is 18.8 Å². The lowest BCUT2D eigenvalue weighted by molar-refractivity contribution is 0.0941. The molecule has 0 spiro atoms. The maximum Gasteiger partial charge on any atom is 0.352 e. The van der Waals surface area contributed by atoms with Crippen molar-refractivity contribution >= 4 is 5.91 Å². The van der Waals surface area contributed by atoms with E-state index in [2.05, 4.69) is 15.4 Å². The molecule has 0 atom stereocenters. The Labute approximate surface area is 188 Å². The van der Waals surface area contributed by atoms with E-state index < -0.39 is 28.7 Å². The highest BCUT2D eigenvalue weighted by molar-refractivity contribution is 5.91. The van der Waals surface area contributed by atoms with Crippen LogP contribution in [0.1, 0.15) is 27.2 Å². The van der Waals surface area contributed by atoms with Gasteiger partial charge < -0.3 is 5.32 Å². The topological polar surface area (TPSA) is 98.9 Å². The summed E-state index contributed by atoms with van der Waals surface area (Å²) in [6.45, 7) is 1.89. The molecule has 0 aliphatic carbocycles. The van der Waals surface area contributed by atoms with E-state index in [-0.39, 0.29) is 18.8 Å². The first-order valence-electron chi connectivity index (χ1n) is 10.2. The van der Waals surface area contributed by atoms with Crippen molar-refractivity contribution < 1.29 is 9.18 Å². The van der Waals surface area contributed by atoms with Crippen molar-refractivity contribution in [1.82, 2.24) is 24.6 Å². The third-order valence-electron chi connectivity index (χ3n) is 4.95. The highest BCUT2D eigenvalue weighted by Gasteiger charge is 2.21. The number of aryl methyl sites for hydroxylation is 1. The van der Waals surface area contributed by atoms with Crippen LogP contribution in [0.5, 0.6) is 0 Å². The van der Waals surface area contributed by atoms with Crippen LogP contribution >= 0.6 is 0 Å². The first-order chi connectivity index (χ1) is 15.9. The van der Waals surface area contributed by atoms with Gasteiger partial charge in [0.25, 0.3) is 11.5 Å². The Kier molecular flexibility index (Phi) is 6.21. The molecule has 0 saturated heterocycles. The number of carbonyl (C=O) groups is 1. The second kappa shape index (κ2) is 9.39. The Balaban J connectivity index is 1.81. The van der Waals surface area contributed by atoms with Gasteiger partial charge in [-0.25, -0.2) is 9.18 Å². The number of benzene rings is 2. The Morgan fingerprint density at radius 2 is 1.82 bits per heavy atom. The molecule has 0 saturated carbocycles. The van der Waals surface area contributed by atoms with Crippen molar-refractivity contribution in [3.8, 4) is 5.69 Å². The first-order valence-corrected chi connectivity index (χ1v) is 10.2. The Morgan fingerprint density at radius 3 is 2.55 bits per heavy atom. The molecular weight excluding hydrogens is 425 g/mol. The fourth-order valence-electron chi connectivity index (χ4n) is 3.34. The van der Waals surface area contributed by atoms with Crippen LogP contribution in [0, 0.1) is 12.7 Å². The second-order valence-electron chi connectivity index (χ2n) is 7.42. The average molecular weight is 445 g/mol. The lowest BCUT2D eigenvalue weighted by Gasteiger charge is -2.13. The van der Waals surface area contributed by atoms with Crippen LogP contribution in [-0.2, 0) is 13.1 Å². The minimum absolute atomic E-state index is 0.0980. The number of hydrogen-bond acceptors (Lipinski definition) is 5. The Hall–Kier alpha value is -4.40. The summed E-state index contributed by atoms with van der Waals surface area (Å²) in [6, 6.07) is 16.3. The Bertz CT molecular complexity index is 1430. The van der Waals surface area contributed by atoms with Gasteiger partial charge in [-0.15, -0.1) is 0 Å². The van der Waals surface area contributed by atoms with Gasteiger partial charge in [-0.1, -0.05) is 48.0 Å². The van der Waals surface area contributed by atoms with Gasteiger partial charge in [0, 0.05) is 18.9 Å². The molecule has 166 valence electrons. The first kappa shape index (κ1) is 21.8. The van der Waals surface area contributed by atoms with Crippen LogP contribution < -0.4 is 16.6 Å². The van der Waals surface area contributed by atoms with E-state index in [1.807, 2.05) is 19.1 Å². The molecule has 0 fully saturated rings. The summed E-state index contributed by atoms with van der Waals surface area (Å²) in [5.41, 5.74) is -0.0570. The summed E-state index contributed by atoms with van der Waals surface area (Å²) in [7, 11) is 0. The summed E-state index contributed by atoms with van der Waals surface area (Å²) in [6.07, 6.45) is 3.17. The van der Waals surface area contributed by atoms with E-state index in [1.54, 1.807) is 36.7 Å². The SMILES string of the molecule is Cc1cccc(Cn2c(=O)c(C(=O)NCc3cccnc3)nn(-c3ccccc3F)c2=O)c1. The van der Waals surface area contributed by atoms with E-state index in [1.165, 1.54) is 24.3 Å². The fraction of sp³-hybridized carbons (Fsp3) is 0.125. The number of pyridine rings is 1. The van der Waals surface area contributed by atoms with E-state index in [0.717, 1.165) is 14.8 Å². The molecule has 0 aliphatic rings. The predicted molar refractivity (Wildman–Crippen MR) is 120 cm³/mol. The van der Waals surface area contributed by atoms with Crippen LogP contribution in [0.4, 0.5) is 4.39 Å². The molecule has 33 heavy (non-hydrogen) atoms. The zero-order valence-corrected chi connectivity index (χ0v) is 17.7. The molecule has 9 heteroatoms.